The van der Waals surface area contributed by atoms with Gasteiger partial charge in [0.2, 0.25) is 5.78 Å². The zero-order valence-electron chi connectivity index (χ0n) is 13.7. The van der Waals surface area contributed by atoms with Gasteiger partial charge in [-0.15, -0.1) is 0 Å². The van der Waals surface area contributed by atoms with E-state index in [2.05, 4.69) is 4.90 Å². The first kappa shape index (κ1) is 16.7. The summed E-state index contributed by atoms with van der Waals surface area (Å²) < 4.78 is 5.35. The number of carbonyl (C=O) groups excluding carboxylic acids is 1. The number of morpholine rings is 1. The summed E-state index contributed by atoms with van der Waals surface area (Å²) in [6.07, 6.45) is 1.58. The van der Waals surface area contributed by atoms with Crippen LogP contribution in [0.25, 0.3) is 6.08 Å². The topological polar surface area (TPSA) is 73.6 Å². The van der Waals surface area contributed by atoms with Gasteiger partial charge in [0.15, 0.2) is 0 Å². The number of phenols is 1. The molecule has 1 fully saturated rings. The van der Waals surface area contributed by atoms with E-state index in [1.54, 1.807) is 6.08 Å². The van der Waals surface area contributed by atoms with E-state index in [9.17, 15) is 15.2 Å². The maximum absolute atomic E-state index is 12.4. The minimum absolute atomic E-state index is 0.0600. The summed E-state index contributed by atoms with van der Waals surface area (Å²) in [6.45, 7) is 3.17. The Morgan fingerprint density at radius 1 is 1.08 bits per heavy atom. The van der Waals surface area contributed by atoms with Crippen LogP contribution in [0, 0.1) is 11.3 Å². The van der Waals surface area contributed by atoms with Crippen molar-refractivity contribution in [2.75, 3.05) is 31.2 Å². The van der Waals surface area contributed by atoms with Crippen molar-refractivity contribution in [2.24, 2.45) is 0 Å². The Bertz CT molecular complexity index is 812. The normalized spacial score (nSPS) is 14.8. The third-order valence-corrected chi connectivity index (χ3v) is 4.07. The molecule has 0 aromatic heterocycles. The first-order chi connectivity index (χ1) is 12.2. The van der Waals surface area contributed by atoms with Crippen molar-refractivity contribution in [3.63, 3.8) is 0 Å². The number of phenolic OH excluding ortho intramolecular Hbond substituents is 1. The second kappa shape index (κ2) is 7.65. The number of Topliss-reactive ketones (excluding diaryl/α,β-unsaturated/α-hetero) is 1. The van der Waals surface area contributed by atoms with Crippen LogP contribution in [0.15, 0.2) is 54.1 Å². The minimum Gasteiger partial charge on any atom is -0.508 e. The molecule has 25 heavy (non-hydrogen) atoms. The molecule has 3 rings (SSSR count). The molecular formula is C20H18N2O3. The first-order valence-corrected chi connectivity index (χ1v) is 8.05. The van der Waals surface area contributed by atoms with Crippen LogP contribution in [-0.4, -0.2) is 37.2 Å². The first-order valence-electron chi connectivity index (χ1n) is 8.05. The van der Waals surface area contributed by atoms with Crippen LogP contribution in [0.2, 0.25) is 0 Å². The highest BCUT2D eigenvalue weighted by atomic mass is 16.5. The molecular weight excluding hydrogens is 316 g/mol. The van der Waals surface area contributed by atoms with Gasteiger partial charge < -0.3 is 14.7 Å². The lowest BCUT2D eigenvalue weighted by Gasteiger charge is -2.28. The molecule has 0 unspecified atom stereocenters. The van der Waals surface area contributed by atoms with E-state index >= 15 is 0 Å². The molecule has 0 atom stereocenters. The van der Waals surface area contributed by atoms with Gasteiger partial charge in [0.1, 0.15) is 17.4 Å². The molecule has 0 spiro atoms. The minimum atomic E-state index is -0.361. The van der Waals surface area contributed by atoms with Crippen LogP contribution in [0.5, 0.6) is 5.75 Å². The molecule has 1 heterocycles. The lowest BCUT2D eigenvalue weighted by Crippen LogP contribution is -2.36. The van der Waals surface area contributed by atoms with Gasteiger partial charge in [0.25, 0.3) is 0 Å². The van der Waals surface area contributed by atoms with Crippen molar-refractivity contribution in [1.29, 1.82) is 5.26 Å². The summed E-state index contributed by atoms with van der Waals surface area (Å²) in [4.78, 5) is 14.7. The summed E-state index contributed by atoms with van der Waals surface area (Å²) in [5, 5.41) is 18.6. The number of rotatable bonds is 4. The van der Waals surface area contributed by atoms with E-state index in [0.29, 0.717) is 5.56 Å². The van der Waals surface area contributed by atoms with Crippen LogP contribution in [0.3, 0.4) is 0 Å². The van der Waals surface area contributed by atoms with Gasteiger partial charge in [0.05, 0.1) is 13.2 Å². The Kier molecular flexibility index (Phi) is 5.12. The fourth-order valence-electron chi connectivity index (χ4n) is 2.69. The average molecular weight is 334 g/mol. The van der Waals surface area contributed by atoms with Crippen LogP contribution >= 0.6 is 0 Å². The van der Waals surface area contributed by atoms with Gasteiger partial charge >= 0.3 is 0 Å². The zero-order valence-corrected chi connectivity index (χ0v) is 13.7. The lowest BCUT2D eigenvalue weighted by molar-refractivity contribution is 0.104. The van der Waals surface area contributed by atoms with Crippen molar-refractivity contribution < 1.29 is 14.6 Å². The van der Waals surface area contributed by atoms with E-state index in [1.165, 1.54) is 24.3 Å². The van der Waals surface area contributed by atoms with E-state index in [1.807, 2.05) is 30.3 Å². The van der Waals surface area contributed by atoms with Crippen LogP contribution in [0.1, 0.15) is 15.9 Å². The zero-order chi connectivity index (χ0) is 17.6. The molecule has 5 heteroatoms. The van der Waals surface area contributed by atoms with E-state index in [0.717, 1.165) is 37.6 Å². The summed E-state index contributed by atoms with van der Waals surface area (Å²) >= 11 is 0. The number of hydrogen-bond donors (Lipinski definition) is 1. The molecule has 1 saturated heterocycles. The maximum atomic E-state index is 12.4. The molecule has 1 N–H and O–H groups in total. The molecule has 126 valence electrons. The highest BCUT2D eigenvalue weighted by Crippen LogP contribution is 2.19. The molecule has 0 bridgehead atoms. The fraction of sp³-hybridized carbons (Fsp3) is 0.200. The predicted octanol–water partition coefficient (Wildman–Crippen LogP) is 3.02. The summed E-state index contributed by atoms with van der Waals surface area (Å²) in [5.74, 6) is -0.280. The van der Waals surface area contributed by atoms with Crippen LogP contribution < -0.4 is 4.90 Å². The van der Waals surface area contributed by atoms with Gasteiger partial charge in [-0.05, 0) is 48.0 Å². The van der Waals surface area contributed by atoms with E-state index < -0.39 is 0 Å². The van der Waals surface area contributed by atoms with Gasteiger partial charge in [-0.3, -0.25) is 4.79 Å². The average Bonchev–Trinajstić information content (AvgIpc) is 2.67. The number of aromatic hydroxyl groups is 1. The number of nitrogens with zero attached hydrogens (tertiary/aromatic N) is 2. The summed E-state index contributed by atoms with van der Waals surface area (Å²) in [5.41, 5.74) is 2.32. The van der Waals surface area contributed by atoms with Gasteiger partial charge in [0, 0.05) is 24.3 Å². The Morgan fingerprint density at radius 2 is 1.72 bits per heavy atom. The summed E-state index contributed by atoms with van der Waals surface area (Å²) in [6, 6.07) is 15.6. The number of nitriles is 1. The third kappa shape index (κ3) is 4.06. The van der Waals surface area contributed by atoms with Crippen molar-refractivity contribution in [2.45, 2.75) is 0 Å². The van der Waals surface area contributed by atoms with Crippen LogP contribution in [0.4, 0.5) is 5.69 Å². The molecule has 0 radical (unpaired) electrons. The smallest absolute Gasteiger partial charge is 0.203 e. The van der Waals surface area contributed by atoms with Crippen molar-refractivity contribution in [1.82, 2.24) is 0 Å². The Balaban J connectivity index is 1.78. The second-order valence-electron chi connectivity index (χ2n) is 5.74. The number of hydrogen-bond acceptors (Lipinski definition) is 5. The predicted molar refractivity (Wildman–Crippen MR) is 95.5 cm³/mol. The van der Waals surface area contributed by atoms with Gasteiger partial charge in [-0.2, -0.15) is 5.26 Å². The van der Waals surface area contributed by atoms with Gasteiger partial charge in [-0.25, -0.2) is 0 Å². The highest BCUT2D eigenvalue weighted by Gasteiger charge is 2.13. The molecule has 0 amide bonds. The Hall–Kier alpha value is -3.10. The highest BCUT2D eigenvalue weighted by molar-refractivity contribution is 6.14. The van der Waals surface area contributed by atoms with E-state index in [-0.39, 0.29) is 17.1 Å². The number of ketones is 1. The Labute approximate surface area is 146 Å². The second-order valence-corrected chi connectivity index (χ2v) is 5.74. The monoisotopic (exact) mass is 334 g/mol. The molecule has 1 aliphatic heterocycles. The molecule has 0 aliphatic carbocycles. The SMILES string of the molecule is N#CC(=Cc1ccc(N2CCOCC2)cc1)C(=O)c1ccc(O)cc1. The number of allylic oxidation sites excluding steroid dienone is 1. The molecule has 2 aromatic rings. The molecule has 0 saturated carbocycles. The number of benzene rings is 2. The van der Waals surface area contributed by atoms with Crippen molar-refractivity contribution in [3.05, 3.63) is 65.2 Å². The van der Waals surface area contributed by atoms with Crippen molar-refractivity contribution in [3.8, 4) is 11.8 Å². The Morgan fingerprint density at radius 3 is 2.32 bits per heavy atom. The fourth-order valence-corrected chi connectivity index (χ4v) is 2.69. The quantitative estimate of drug-likeness (QED) is 0.528. The number of carbonyl (C=O) groups is 1. The number of ether oxygens (including phenoxy) is 1. The van der Waals surface area contributed by atoms with Gasteiger partial charge in [-0.1, -0.05) is 12.1 Å². The third-order valence-electron chi connectivity index (χ3n) is 4.07. The van der Waals surface area contributed by atoms with E-state index in [4.69, 9.17) is 4.74 Å². The molecule has 1 aliphatic rings. The largest absolute Gasteiger partial charge is 0.508 e. The van der Waals surface area contributed by atoms with Crippen LogP contribution in [-0.2, 0) is 4.74 Å². The standard InChI is InChI=1S/C20H18N2O3/c21-14-17(20(24)16-3-7-19(23)8-4-16)13-15-1-5-18(6-2-15)22-9-11-25-12-10-22/h1-8,13,23H,9-12H2. The number of anilines is 1. The summed E-state index contributed by atoms with van der Waals surface area (Å²) in [7, 11) is 0. The maximum Gasteiger partial charge on any atom is 0.203 e. The molecule has 2 aromatic carbocycles. The lowest BCUT2D eigenvalue weighted by atomic mass is 10.0. The van der Waals surface area contributed by atoms with Crippen molar-refractivity contribution >= 4 is 17.5 Å². The molecule has 5 nitrogen and oxygen atoms in total.